The summed E-state index contributed by atoms with van der Waals surface area (Å²) in [6.45, 7) is 9.29. The third kappa shape index (κ3) is 8.18. The first-order valence-electron chi connectivity index (χ1n) is 12.0. The number of hydrogen-bond donors (Lipinski definition) is 1. The first-order valence-corrected chi connectivity index (χ1v) is 12.0. The lowest BCUT2D eigenvalue weighted by molar-refractivity contribution is 0.0485. The number of nitrogens with zero attached hydrogens (tertiary/aromatic N) is 2. The van der Waals surface area contributed by atoms with Gasteiger partial charge in [0.1, 0.15) is 5.60 Å². The second kappa shape index (κ2) is 11.0. The Balaban J connectivity index is 1.30. The van der Waals surface area contributed by atoms with Crippen LogP contribution in [0.15, 0.2) is 24.3 Å². The molecule has 1 aliphatic carbocycles. The highest BCUT2D eigenvalue weighted by molar-refractivity contribution is 5.68. The van der Waals surface area contributed by atoms with E-state index in [0.29, 0.717) is 0 Å². The first kappa shape index (κ1) is 23.6. The van der Waals surface area contributed by atoms with Crippen LogP contribution in [0.4, 0.5) is 4.79 Å². The number of carbonyl (C=O) groups excluding carboxylic acids is 1. The Morgan fingerprint density at radius 3 is 2.48 bits per heavy atom. The molecule has 2 aliphatic rings. The zero-order valence-corrected chi connectivity index (χ0v) is 19.5. The number of likely N-dealkylation sites (tertiary alicyclic amines) is 1. The third-order valence-electron chi connectivity index (χ3n) is 6.71. The summed E-state index contributed by atoms with van der Waals surface area (Å²) in [7, 11) is 0. The van der Waals surface area contributed by atoms with Crippen LogP contribution in [0.5, 0.6) is 0 Å². The van der Waals surface area contributed by atoms with Gasteiger partial charge in [0.15, 0.2) is 0 Å². The van der Waals surface area contributed by atoms with Gasteiger partial charge in [0.2, 0.25) is 0 Å². The van der Waals surface area contributed by atoms with Crippen molar-refractivity contribution in [2.75, 3.05) is 19.6 Å². The molecule has 1 N–H and O–H groups in total. The summed E-state index contributed by atoms with van der Waals surface area (Å²) in [6.07, 6.45) is 9.12. The SMILES string of the molecule is CC(C)(C)OC(=O)N[C@H]1CC[C@H](CCN2CCC(Cc3cccc(C#N)c3)CC2)CC1. The summed E-state index contributed by atoms with van der Waals surface area (Å²) < 4.78 is 5.38. The molecule has 5 nitrogen and oxygen atoms in total. The van der Waals surface area contributed by atoms with E-state index >= 15 is 0 Å². The molecule has 1 saturated heterocycles. The van der Waals surface area contributed by atoms with E-state index < -0.39 is 5.60 Å². The van der Waals surface area contributed by atoms with Gasteiger partial charge in [0.25, 0.3) is 0 Å². The quantitative estimate of drug-likeness (QED) is 0.673. The Bertz CT molecular complexity index is 749. The standard InChI is InChI=1S/C26H39N3O2/c1-26(2,3)31-25(30)28-24-9-7-20(8-10-24)11-14-29-15-12-21(13-16-29)17-22-5-4-6-23(18-22)19-27/h4-6,18,20-21,24H,7-17H2,1-3H3,(H,28,30)/t20-,24-. The molecule has 0 spiro atoms. The van der Waals surface area contributed by atoms with Crippen LogP contribution in [-0.4, -0.2) is 42.3 Å². The molecule has 1 aromatic carbocycles. The van der Waals surface area contributed by atoms with E-state index in [9.17, 15) is 4.79 Å². The molecule has 0 unspecified atom stereocenters. The summed E-state index contributed by atoms with van der Waals surface area (Å²) in [4.78, 5) is 14.6. The van der Waals surface area contributed by atoms with Gasteiger partial charge in [-0.3, -0.25) is 0 Å². The number of benzene rings is 1. The van der Waals surface area contributed by atoms with Crippen LogP contribution in [0.1, 0.15) is 76.8 Å². The summed E-state index contributed by atoms with van der Waals surface area (Å²) in [5.74, 6) is 1.52. The summed E-state index contributed by atoms with van der Waals surface area (Å²) in [5, 5.41) is 12.1. The zero-order valence-electron chi connectivity index (χ0n) is 19.5. The van der Waals surface area contributed by atoms with E-state index in [4.69, 9.17) is 10.00 Å². The largest absolute Gasteiger partial charge is 0.444 e. The number of amides is 1. The Hall–Kier alpha value is -2.06. The number of alkyl carbamates (subject to hydrolysis) is 1. The average molecular weight is 426 g/mol. The van der Waals surface area contributed by atoms with Crippen molar-refractivity contribution in [1.29, 1.82) is 5.26 Å². The number of ether oxygens (including phenoxy) is 1. The van der Waals surface area contributed by atoms with E-state index in [0.717, 1.165) is 36.7 Å². The average Bonchev–Trinajstić information content (AvgIpc) is 2.73. The van der Waals surface area contributed by atoms with Crippen molar-refractivity contribution >= 4 is 6.09 Å². The number of piperidine rings is 1. The zero-order chi connectivity index (χ0) is 22.3. The molecule has 3 rings (SSSR count). The molecule has 170 valence electrons. The molecular weight excluding hydrogens is 386 g/mol. The van der Waals surface area contributed by atoms with Crippen molar-refractivity contribution in [2.45, 2.75) is 83.8 Å². The monoisotopic (exact) mass is 425 g/mol. The van der Waals surface area contributed by atoms with E-state index in [2.05, 4.69) is 22.4 Å². The molecule has 0 aromatic heterocycles. The number of nitriles is 1. The second-order valence-electron chi connectivity index (χ2n) is 10.5. The van der Waals surface area contributed by atoms with Gasteiger partial charge in [-0.25, -0.2) is 4.79 Å². The fourth-order valence-electron chi connectivity index (χ4n) is 4.95. The van der Waals surface area contributed by atoms with Crippen LogP contribution < -0.4 is 5.32 Å². The minimum absolute atomic E-state index is 0.265. The Labute approximate surface area is 188 Å². The van der Waals surface area contributed by atoms with Crippen molar-refractivity contribution < 1.29 is 9.53 Å². The molecular formula is C26H39N3O2. The molecule has 0 radical (unpaired) electrons. The fourth-order valence-corrected chi connectivity index (χ4v) is 4.95. The van der Waals surface area contributed by atoms with Gasteiger partial charge in [-0.15, -0.1) is 0 Å². The van der Waals surface area contributed by atoms with Gasteiger partial charge in [-0.2, -0.15) is 5.26 Å². The van der Waals surface area contributed by atoms with Crippen LogP contribution in [0.3, 0.4) is 0 Å². The van der Waals surface area contributed by atoms with Crippen molar-refractivity contribution in [3.8, 4) is 6.07 Å². The molecule has 1 aliphatic heterocycles. The molecule has 5 heteroatoms. The van der Waals surface area contributed by atoms with E-state index in [1.807, 2.05) is 39.0 Å². The molecule has 0 atom stereocenters. The summed E-state index contributed by atoms with van der Waals surface area (Å²) >= 11 is 0. The summed E-state index contributed by atoms with van der Waals surface area (Å²) in [6, 6.07) is 10.6. The van der Waals surface area contributed by atoms with Gasteiger partial charge >= 0.3 is 6.09 Å². The van der Waals surface area contributed by atoms with Crippen molar-refractivity contribution in [2.24, 2.45) is 11.8 Å². The minimum atomic E-state index is -0.435. The Morgan fingerprint density at radius 2 is 1.84 bits per heavy atom. The smallest absolute Gasteiger partial charge is 0.407 e. The second-order valence-corrected chi connectivity index (χ2v) is 10.5. The van der Waals surface area contributed by atoms with Gasteiger partial charge < -0.3 is 15.0 Å². The van der Waals surface area contributed by atoms with Crippen molar-refractivity contribution in [3.05, 3.63) is 35.4 Å². The van der Waals surface area contributed by atoms with Crippen molar-refractivity contribution in [3.63, 3.8) is 0 Å². The van der Waals surface area contributed by atoms with Gasteiger partial charge in [0, 0.05) is 6.04 Å². The maximum atomic E-state index is 12.0. The molecule has 0 bridgehead atoms. The number of nitrogens with one attached hydrogen (secondary N) is 1. The highest BCUT2D eigenvalue weighted by Gasteiger charge is 2.26. The molecule has 31 heavy (non-hydrogen) atoms. The highest BCUT2D eigenvalue weighted by Crippen LogP contribution is 2.28. The van der Waals surface area contributed by atoms with E-state index in [-0.39, 0.29) is 12.1 Å². The third-order valence-corrected chi connectivity index (χ3v) is 6.71. The molecule has 1 aromatic rings. The predicted molar refractivity (Wildman–Crippen MR) is 124 cm³/mol. The topological polar surface area (TPSA) is 65.4 Å². The minimum Gasteiger partial charge on any atom is -0.444 e. The van der Waals surface area contributed by atoms with Crippen LogP contribution in [-0.2, 0) is 11.2 Å². The molecule has 2 fully saturated rings. The molecule has 1 heterocycles. The number of carbonyl (C=O) groups is 1. The summed E-state index contributed by atoms with van der Waals surface area (Å²) in [5.41, 5.74) is 1.63. The van der Waals surface area contributed by atoms with Gasteiger partial charge in [0.05, 0.1) is 11.6 Å². The van der Waals surface area contributed by atoms with Crippen LogP contribution in [0, 0.1) is 23.2 Å². The van der Waals surface area contributed by atoms with Crippen LogP contribution in [0.2, 0.25) is 0 Å². The van der Waals surface area contributed by atoms with E-state index in [1.165, 1.54) is 57.3 Å². The highest BCUT2D eigenvalue weighted by atomic mass is 16.6. The maximum Gasteiger partial charge on any atom is 0.407 e. The maximum absolute atomic E-state index is 12.0. The lowest BCUT2D eigenvalue weighted by Gasteiger charge is -2.34. The predicted octanol–water partition coefficient (Wildman–Crippen LogP) is 5.29. The van der Waals surface area contributed by atoms with Crippen LogP contribution in [0.25, 0.3) is 0 Å². The van der Waals surface area contributed by atoms with E-state index in [1.54, 1.807) is 0 Å². The Kier molecular flexibility index (Phi) is 8.37. The van der Waals surface area contributed by atoms with Crippen LogP contribution >= 0.6 is 0 Å². The van der Waals surface area contributed by atoms with Gasteiger partial charge in [-0.05, 0) is 121 Å². The fraction of sp³-hybridized carbons (Fsp3) is 0.692. The molecule has 1 amide bonds. The first-order chi connectivity index (χ1) is 14.8. The number of hydrogen-bond acceptors (Lipinski definition) is 4. The number of rotatable bonds is 6. The normalized spacial score (nSPS) is 23.2. The Morgan fingerprint density at radius 1 is 1.13 bits per heavy atom. The molecule has 1 saturated carbocycles. The van der Waals surface area contributed by atoms with Gasteiger partial charge in [-0.1, -0.05) is 12.1 Å². The lowest BCUT2D eigenvalue weighted by Crippen LogP contribution is -2.41. The lowest BCUT2D eigenvalue weighted by atomic mass is 9.83. The van der Waals surface area contributed by atoms with Crippen molar-refractivity contribution in [1.82, 2.24) is 10.2 Å².